The lowest BCUT2D eigenvalue weighted by atomic mass is 10.1. The molecule has 106 valence electrons. The number of aryl methyl sites for hydroxylation is 2. The molecule has 2 atom stereocenters. The van der Waals surface area contributed by atoms with E-state index < -0.39 is 10.0 Å². The molecule has 2 unspecified atom stereocenters. The van der Waals surface area contributed by atoms with Crippen molar-refractivity contribution >= 4 is 26.0 Å². The van der Waals surface area contributed by atoms with E-state index >= 15 is 0 Å². The Kier molecular flexibility index (Phi) is 4.69. The molecule has 0 fully saturated rings. The third-order valence-electron chi connectivity index (χ3n) is 3.41. The van der Waals surface area contributed by atoms with Gasteiger partial charge in [-0.3, -0.25) is 0 Å². The predicted octanol–water partition coefficient (Wildman–Crippen LogP) is 3.02. The van der Waals surface area contributed by atoms with Crippen LogP contribution in [0.5, 0.6) is 0 Å². The van der Waals surface area contributed by atoms with E-state index in [1.54, 1.807) is 6.07 Å². The average molecular weight is 346 g/mol. The van der Waals surface area contributed by atoms with Gasteiger partial charge in [-0.15, -0.1) is 0 Å². The second kappa shape index (κ2) is 5.94. The molecule has 1 aliphatic carbocycles. The zero-order valence-corrected chi connectivity index (χ0v) is 13.7. The average Bonchev–Trinajstić information content (AvgIpc) is 2.73. The van der Waals surface area contributed by atoms with Gasteiger partial charge in [0.25, 0.3) is 0 Å². The number of benzene rings is 1. The molecule has 5 heteroatoms. The molecule has 1 aromatic rings. The van der Waals surface area contributed by atoms with Gasteiger partial charge >= 0.3 is 0 Å². The first-order valence-electron chi connectivity index (χ1n) is 6.66. The van der Waals surface area contributed by atoms with Crippen LogP contribution >= 0.6 is 15.9 Å². The molecule has 1 aromatic carbocycles. The summed E-state index contributed by atoms with van der Waals surface area (Å²) < 4.78 is 27.3. The Hall–Kier alpha value is -0.390. The maximum absolute atomic E-state index is 12.3. The van der Waals surface area contributed by atoms with Gasteiger partial charge in [-0.25, -0.2) is 13.1 Å². The van der Waals surface area contributed by atoms with Crippen LogP contribution in [0.4, 0.5) is 0 Å². The summed E-state index contributed by atoms with van der Waals surface area (Å²) in [6.45, 7) is 3.91. The fraction of sp³-hybridized carbons (Fsp3) is 0.571. The molecule has 0 radical (unpaired) electrons. The highest BCUT2D eigenvalue weighted by molar-refractivity contribution is 9.09. The molecule has 0 heterocycles. The smallest absolute Gasteiger partial charge is 0.208 e. The van der Waals surface area contributed by atoms with E-state index in [0.29, 0.717) is 9.72 Å². The van der Waals surface area contributed by atoms with Gasteiger partial charge in [0.05, 0.1) is 4.90 Å². The van der Waals surface area contributed by atoms with Crippen LogP contribution in [0.15, 0.2) is 23.1 Å². The van der Waals surface area contributed by atoms with E-state index in [1.807, 2.05) is 26.0 Å². The van der Waals surface area contributed by atoms with Gasteiger partial charge in [-0.1, -0.05) is 28.9 Å². The minimum absolute atomic E-state index is 0.0763. The standard InChI is InChI=1S/C14H20BrNO2S/c1-10(15)8-11(2)16-19(17,18)14-7-6-12-4-3-5-13(12)9-14/h6-7,9-11,16H,3-5,8H2,1-2H3. The molecule has 0 saturated carbocycles. The predicted molar refractivity (Wildman–Crippen MR) is 81.3 cm³/mol. The third kappa shape index (κ3) is 3.80. The number of nitrogens with one attached hydrogen (secondary N) is 1. The molecule has 0 saturated heterocycles. The Bertz CT molecular complexity index is 555. The normalized spacial score (nSPS) is 18.1. The van der Waals surface area contributed by atoms with E-state index in [4.69, 9.17) is 0 Å². The van der Waals surface area contributed by atoms with Crippen molar-refractivity contribution in [1.82, 2.24) is 4.72 Å². The van der Waals surface area contributed by atoms with Crippen molar-refractivity contribution in [2.24, 2.45) is 0 Å². The van der Waals surface area contributed by atoms with Crippen molar-refractivity contribution in [3.8, 4) is 0 Å². The third-order valence-corrected chi connectivity index (χ3v) is 5.38. The molecule has 0 spiro atoms. The Balaban J connectivity index is 2.15. The first-order chi connectivity index (χ1) is 8.88. The summed E-state index contributed by atoms with van der Waals surface area (Å²) in [6, 6.07) is 5.42. The van der Waals surface area contributed by atoms with Gasteiger partial charge in [0.1, 0.15) is 0 Å². The second-order valence-electron chi connectivity index (χ2n) is 5.32. The number of rotatable bonds is 5. The Labute approximate surface area is 124 Å². The maximum atomic E-state index is 12.3. The van der Waals surface area contributed by atoms with E-state index in [2.05, 4.69) is 20.7 Å². The molecule has 0 amide bonds. The van der Waals surface area contributed by atoms with Gasteiger partial charge in [-0.2, -0.15) is 0 Å². The zero-order chi connectivity index (χ0) is 14.0. The van der Waals surface area contributed by atoms with Gasteiger partial charge in [0.15, 0.2) is 0 Å². The van der Waals surface area contributed by atoms with E-state index in [0.717, 1.165) is 25.7 Å². The summed E-state index contributed by atoms with van der Waals surface area (Å²) >= 11 is 3.44. The highest BCUT2D eigenvalue weighted by Gasteiger charge is 2.20. The van der Waals surface area contributed by atoms with Gasteiger partial charge in [0.2, 0.25) is 10.0 Å². The van der Waals surface area contributed by atoms with Gasteiger partial charge < -0.3 is 0 Å². The Morgan fingerprint density at radius 2 is 1.95 bits per heavy atom. The van der Waals surface area contributed by atoms with Crippen LogP contribution < -0.4 is 4.72 Å². The zero-order valence-electron chi connectivity index (χ0n) is 11.3. The number of hydrogen-bond donors (Lipinski definition) is 1. The molecular weight excluding hydrogens is 326 g/mol. The fourth-order valence-electron chi connectivity index (χ4n) is 2.58. The van der Waals surface area contributed by atoms with Crippen molar-refractivity contribution in [1.29, 1.82) is 0 Å². The first-order valence-corrected chi connectivity index (χ1v) is 9.06. The summed E-state index contributed by atoms with van der Waals surface area (Å²) in [5.41, 5.74) is 2.48. The van der Waals surface area contributed by atoms with Gasteiger partial charge in [0, 0.05) is 10.9 Å². The van der Waals surface area contributed by atoms with Crippen LogP contribution in [0.2, 0.25) is 0 Å². The van der Waals surface area contributed by atoms with Crippen LogP contribution in [0.3, 0.4) is 0 Å². The van der Waals surface area contributed by atoms with Crippen molar-refractivity contribution in [3.05, 3.63) is 29.3 Å². The number of fused-ring (bicyclic) bond motifs is 1. The van der Waals surface area contributed by atoms with Crippen molar-refractivity contribution in [2.75, 3.05) is 0 Å². The topological polar surface area (TPSA) is 46.2 Å². The summed E-state index contributed by atoms with van der Waals surface area (Å²) in [5.74, 6) is 0. The first kappa shape index (κ1) is 15.0. The van der Waals surface area contributed by atoms with Crippen molar-refractivity contribution < 1.29 is 8.42 Å². The van der Waals surface area contributed by atoms with Crippen LogP contribution in [0, 0.1) is 0 Å². The molecule has 0 aliphatic heterocycles. The molecule has 0 aromatic heterocycles. The summed E-state index contributed by atoms with van der Waals surface area (Å²) in [4.78, 5) is 0.687. The van der Waals surface area contributed by atoms with Crippen molar-refractivity contribution in [3.63, 3.8) is 0 Å². The quantitative estimate of drug-likeness (QED) is 0.833. The minimum atomic E-state index is -3.40. The number of hydrogen-bond acceptors (Lipinski definition) is 2. The summed E-state index contributed by atoms with van der Waals surface area (Å²) in [5, 5.41) is 0. The van der Waals surface area contributed by atoms with E-state index in [-0.39, 0.29) is 6.04 Å². The van der Waals surface area contributed by atoms with E-state index in [9.17, 15) is 8.42 Å². The lowest BCUT2D eigenvalue weighted by molar-refractivity contribution is 0.548. The van der Waals surface area contributed by atoms with Crippen LogP contribution in [0.25, 0.3) is 0 Å². The number of halogens is 1. The molecule has 0 bridgehead atoms. The Morgan fingerprint density at radius 3 is 2.63 bits per heavy atom. The second-order valence-corrected chi connectivity index (χ2v) is 8.60. The lowest BCUT2D eigenvalue weighted by Crippen LogP contribution is -2.33. The molecule has 3 nitrogen and oxygen atoms in total. The summed E-state index contributed by atoms with van der Waals surface area (Å²) in [7, 11) is -3.40. The highest BCUT2D eigenvalue weighted by Crippen LogP contribution is 2.24. The highest BCUT2D eigenvalue weighted by atomic mass is 79.9. The summed E-state index contributed by atoms with van der Waals surface area (Å²) in [6.07, 6.45) is 3.96. The molecule has 19 heavy (non-hydrogen) atoms. The minimum Gasteiger partial charge on any atom is -0.208 e. The molecular formula is C14H20BrNO2S. The molecule has 1 N–H and O–H groups in total. The SMILES string of the molecule is CC(Br)CC(C)NS(=O)(=O)c1ccc2c(c1)CCC2. The van der Waals surface area contributed by atoms with Crippen LogP contribution in [-0.4, -0.2) is 19.3 Å². The molecule has 1 aliphatic rings. The number of alkyl halides is 1. The molecule has 2 rings (SSSR count). The van der Waals surface area contributed by atoms with Crippen LogP contribution in [0.1, 0.15) is 37.8 Å². The maximum Gasteiger partial charge on any atom is 0.240 e. The van der Waals surface area contributed by atoms with Crippen LogP contribution in [-0.2, 0) is 22.9 Å². The fourth-order valence-corrected chi connectivity index (χ4v) is 4.45. The lowest BCUT2D eigenvalue weighted by Gasteiger charge is -2.16. The largest absolute Gasteiger partial charge is 0.240 e. The van der Waals surface area contributed by atoms with Gasteiger partial charge in [-0.05, 0) is 55.9 Å². The monoisotopic (exact) mass is 345 g/mol. The number of sulfonamides is 1. The van der Waals surface area contributed by atoms with Crippen molar-refractivity contribution in [2.45, 2.75) is 55.3 Å². The van der Waals surface area contributed by atoms with E-state index in [1.165, 1.54) is 11.1 Å². The Morgan fingerprint density at radius 1 is 1.26 bits per heavy atom.